The van der Waals surface area contributed by atoms with Crippen LogP contribution in [0, 0.1) is 18.8 Å². The average Bonchev–Trinajstić information content (AvgIpc) is 2.63. The summed E-state index contributed by atoms with van der Waals surface area (Å²) < 4.78 is 11.9. The minimum absolute atomic E-state index is 0. The standard InChI is InChI=1S/C24H32ClO3P.Li.H/c1-16(2)11-13-27-19-9-10-22(21(15-19)28-14-12-17(3)4)29-24(26)23-18(5)7-6-8-20(23)25;;/h6-10,15-17,29H,11-14H2,1-5H3;;. The van der Waals surface area contributed by atoms with E-state index in [0.717, 1.165) is 35.2 Å². The molecule has 1 atom stereocenters. The molecule has 1 unspecified atom stereocenters. The van der Waals surface area contributed by atoms with Crippen molar-refractivity contribution in [2.45, 2.75) is 47.5 Å². The molecule has 0 aliphatic carbocycles. The van der Waals surface area contributed by atoms with Gasteiger partial charge in [-0.3, -0.25) is 4.79 Å². The van der Waals surface area contributed by atoms with Crippen LogP contribution in [-0.2, 0) is 0 Å². The van der Waals surface area contributed by atoms with Gasteiger partial charge in [-0.25, -0.2) is 0 Å². The Morgan fingerprint density at radius 1 is 1.00 bits per heavy atom. The number of benzene rings is 2. The summed E-state index contributed by atoms with van der Waals surface area (Å²) in [6.07, 6.45) is 1.95. The molecule has 0 aliphatic rings. The van der Waals surface area contributed by atoms with Crippen molar-refractivity contribution in [2.24, 2.45) is 11.8 Å². The number of aryl methyl sites for hydroxylation is 1. The van der Waals surface area contributed by atoms with Gasteiger partial charge in [-0.1, -0.05) is 51.4 Å². The van der Waals surface area contributed by atoms with Crippen molar-refractivity contribution < 1.29 is 14.3 Å². The van der Waals surface area contributed by atoms with E-state index in [4.69, 9.17) is 21.1 Å². The predicted molar refractivity (Wildman–Crippen MR) is 132 cm³/mol. The van der Waals surface area contributed by atoms with Gasteiger partial charge in [0.2, 0.25) is 0 Å². The number of hydrogen-bond donors (Lipinski definition) is 0. The van der Waals surface area contributed by atoms with Crippen LogP contribution in [0.5, 0.6) is 11.5 Å². The fourth-order valence-corrected chi connectivity index (χ4v) is 4.26. The van der Waals surface area contributed by atoms with Crippen LogP contribution in [0.4, 0.5) is 0 Å². The minimum atomic E-state index is -0.0561. The molecule has 0 radical (unpaired) electrons. The molecule has 6 heteroatoms. The number of halogens is 1. The molecule has 0 heterocycles. The second kappa shape index (κ2) is 13.4. The Morgan fingerprint density at radius 2 is 1.63 bits per heavy atom. The van der Waals surface area contributed by atoms with E-state index >= 15 is 0 Å². The van der Waals surface area contributed by atoms with Gasteiger partial charge in [0.25, 0.3) is 0 Å². The third-order valence-electron chi connectivity index (χ3n) is 4.57. The molecular formula is C24H33ClLiO3P. The summed E-state index contributed by atoms with van der Waals surface area (Å²) in [5.74, 6) is 2.65. The number of carbonyl (C=O) groups excluding carboxylic acids is 1. The van der Waals surface area contributed by atoms with Crippen molar-refractivity contribution in [1.82, 2.24) is 0 Å². The fourth-order valence-electron chi connectivity index (χ4n) is 2.74. The van der Waals surface area contributed by atoms with Gasteiger partial charge in [0.15, 0.2) is 5.52 Å². The molecule has 0 aliphatic heterocycles. The van der Waals surface area contributed by atoms with Crippen LogP contribution in [0.1, 0.15) is 56.5 Å². The van der Waals surface area contributed by atoms with E-state index in [2.05, 4.69) is 27.7 Å². The zero-order chi connectivity index (χ0) is 21.4. The zero-order valence-electron chi connectivity index (χ0n) is 18.0. The van der Waals surface area contributed by atoms with Crippen molar-refractivity contribution in [3.05, 3.63) is 52.5 Å². The van der Waals surface area contributed by atoms with Crippen molar-refractivity contribution in [3.63, 3.8) is 0 Å². The van der Waals surface area contributed by atoms with Crippen LogP contribution in [0.3, 0.4) is 0 Å². The maximum absolute atomic E-state index is 13.0. The molecule has 30 heavy (non-hydrogen) atoms. The van der Waals surface area contributed by atoms with E-state index in [9.17, 15) is 4.79 Å². The first-order chi connectivity index (χ1) is 13.8. The van der Waals surface area contributed by atoms with E-state index in [1.165, 1.54) is 0 Å². The van der Waals surface area contributed by atoms with Gasteiger partial charge in [-0.05, 0) is 63.9 Å². The van der Waals surface area contributed by atoms with E-state index < -0.39 is 0 Å². The van der Waals surface area contributed by atoms with Crippen LogP contribution in [0.25, 0.3) is 0 Å². The summed E-state index contributed by atoms with van der Waals surface area (Å²) in [5.41, 5.74) is 1.51. The van der Waals surface area contributed by atoms with Gasteiger partial charge in [0.1, 0.15) is 11.5 Å². The first kappa shape index (κ1) is 27.1. The summed E-state index contributed by atoms with van der Waals surface area (Å²) in [6, 6.07) is 11.3. The first-order valence-corrected chi connectivity index (χ1v) is 11.6. The van der Waals surface area contributed by atoms with Crippen molar-refractivity contribution in [1.29, 1.82) is 0 Å². The third-order valence-corrected chi connectivity index (χ3v) is 6.04. The van der Waals surface area contributed by atoms with Gasteiger partial charge in [0, 0.05) is 16.9 Å². The molecule has 2 rings (SSSR count). The van der Waals surface area contributed by atoms with Crippen LogP contribution < -0.4 is 14.8 Å². The molecule has 0 aromatic heterocycles. The molecule has 0 N–H and O–H groups in total. The van der Waals surface area contributed by atoms with Gasteiger partial charge < -0.3 is 9.47 Å². The van der Waals surface area contributed by atoms with Crippen molar-refractivity contribution in [3.8, 4) is 11.5 Å². The number of rotatable bonds is 11. The van der Waals surface area contributed by atoms with E-state index in [-0.39, 0.29) is 33.0 Å². The summed E-state index contributed by atoms with van der Waals surface area (Å²) >= 11 is 6.29. The summed E-state index contributed by atoms with van der Waals surface area (Å²) in [4.78, 5) is 13.0. The van der Waals surface area contributed by atoms with Crippen LogP contribution in [0.2, 0.25) is 5.02 Å². The van der Waals surface area contributed by atoms with E-state index in [1.807, 2.05) is 37.3 Å². The van der Waals surface area contributed by atoms with Gasteiger partial charge in [-0.15, -0.1) is 0 Å². The topological polar surface area (TPSA) is 35.5 Å². The molecule has 160 valence electrons. The molecule has 0 amide bonds. The quantitative estimate of drug-likeness (QED) is 0.316. The SMILES string of the molecule is Cc1cccc(Cl)c1C(=O)Pc1ccc(OCCC(C)C)cc1OCCC(C)C.[LiH]. The molecule has 3 nitrogen and oxygen atoms in total. The average molecular weight is 443 g/mol. The zero-order valence-corrected chi connectivity index (χ0v) is 19.8. The fraction of sp³-hybridized carbons (Fsp3) is 0.458. The van der Waals surface area contributed by atoms with Crippen LogP contribution in [-0.4, -0.2) is 37.6 Å². The second-order valence-corrected chi connectivity index (χ2v) is 9.76. The van der Waals surface area contributed by atoms with Crippen molar-refractivity contribution in [2.75, 3.05) is 13.2 Å². The normalized spacial score (nSPS) is 11.2. The molecule has 2 aromatic rings. The number of hydrogen-bond acceptors (Lipinski definition) is 3. The van der Waals surface area contributed by atoms with E-state index in [1.54, 1.807) is 6.07 Å². The Morgan fingerprint density at radius 3 is 2.23 bits per heavy atom. The summed E-state index contributed by atoms with van der Waals surface area (Å²) in [5, 5.41) is 1.38. The first-order valence-electron chi connectivity index (χ1n) is 10.2. The molecular weight excluding hydrogens is 410 g/mol. The second-order valence-electron chi connectivity index (χ2n) is 8.11. The Hall–Kier alpha value is -0.973. The Bertz CT molecular complexity index is 804. The molecule has 0 bridgehead atoms. The molecule has 0 fully saturated rings. The number of carbonyl (C=O) groups is 1. The predicted octanol–water partition coefficient (Wildman–Crippen LogP) is 5.99. The Kier molecular flexibility index (Phi) is 12.1. The molecule has 2 aromatic carbocycles. The molecule has 0 saturated heterocycles. The third kappa shape index (κ3) is 8.64. The van der Waals surface area contributed by atoms with Gasteiger partial charge in [0.05, 0.1) is 18.2 Å². The van der Waals surface area contributed by atoms with Crippen molar-refractivity contribution >= 4 is 49.9 Å². The summed E-state index contributed by atoms with van der Waals surface area (Å²) in [6.45, 7) is 11.9. The molecule has 0 saturated carbocycles. The molecule has 0 spiro atoms. The maximum atomic E-state index is 13.0. The monoisotopic (exact) mass is 442 g/mol. The Balaban J connectivity index is 0.00000450. The van der Waals surface area contributed by atoms with Crippen LogP contribution in [0.15, 0.2) is 36.4 Å². The van der Waals surface area contributed by atoms with E-state index in [0.29, 0.717) is 35.6 Å². The van der Waals surface area contributed by atoms with Crippen LogP contribution >= 0.6 is 20.2 Å². The van der Waals surface area contributed by atoms with Gasteiger partial charge in [-0.2, -0.15) is 0 Å². The number of ether oxygens (including phenoxy) is 2. The van der Waals surface area contributed by atoms with Gasteiger partial charge >= 0.3 is 18.9 Å². The Labute approximate surface area is 200 Å². The summed E-state index contributed by atoms with van der Waals surface area (Å²) in [7, 11) is -0.0561.